The molecule has 2 N–H and O–H groups in total. The molecular weight excluding hydrogens is 318 g/mol. The molecule has 2 aromatic carbocycles. The van der Waals surface area contributed by atoms with Gasteiger partial charge in [0.15, 0.2) is 12.1 Å². The minimum absolute atomic E-state index is 0.278. The first kappa shape index (κ1) is 14.4. The fourth-order valence-corrected chi connectivity index (χ4v) is 3.73. The third-order valence-electron chi connectivity index (χ3n) is 4.85. The number of methoxy groups -OCH3 is 1. The van der Waals surface area contributed by atoms with Crippen molar-refractivity contribution in [1.82, 2.24) is 14.5 Å². The van der Waals surface area contributed by atoms with Gasteiger partial charge in [-0.05, 0) is 18.2 Å². The Morgan fingerprint density at radius 2 is 1.84 bits per heavy atom. The topological polar surface area (TPSA) is 80.1 Å². The van der Waals surface area contributed by atoms with E-state index in [0.717, 1.165) is 16.5 Å². The van der Waals surface area contributed by atoms with Gasteiger partial charge in [0.25, 0.3) is 5.56 Å². The Morgan fingerprint density at radius 1 is 1.12 bits per heavy atom. The lowest BCUT2D eigenvalue weighted by molar-refractivity contribution is -0.0578. The highest BCUT2D eigenvalue weighted by Gasteiger charge is 2.37. The summed E-state index contributed by atoms with van der Waals surface area (Å²) in [5.41, 5.74) is 2.78. The van der Waals surface area contributed by atoms with E-state index in [1.165, 1.54) is 11.7 Å². The molecule has 1 aliphatic heterocycles. The molecule has 5 rings (SSSR count). The van der Waals surface area contributed by atoms with Crippen molar-refractivity contribution in [2.45, 2.75) is 12.3 Å². The number of aromatic nitrogens is 3. The van der Waals surface area contributed by atoms with Crippen molar-refractivity contribution in [1.29, 1.82) is 0 Å². The van der Waals surface area contributed by atoms with Crippen LogP contribution in [0.1, 0.15) is 17.9 Å². The van der Waals surface area contributed by atoms with Crippen LogP contribution >= 0.6 is 0 Å². The highest BCUT2D eigenvalue weighted by molar-refractivity contribution is 5.91. The molecule has 0 spiro atoms. The second-order valence-electron chi connectivity index (χ2n) is 6.16. The standard InChI is InChI=1S/C19H15N3O3/c1-25-16-14-10-6-2-4-8-12(10)20-15(14)17-21-13-9-5-3-7-11(13)18(23)22(17)19(16)24/h2-9,16,19-20,24H,1H3. The first-order valence-corrected chi connectivity index (χ1v) is 8.04. The van der Waals surface area contributed by atoms with E-state index in [0.29, 0.717) is 22.4 Å². The molecule has 0 amide bonds. The van der Waals surface area contributed by atoms with E-state index >= 15 is 0 Å². The second kappa shape index (κ2) is 5.02. The maximum atomic E-state index is 13.0. The normalized spacial score (nSPS) is 19.1. The summed E-state index contributed by atoms with van der Waals surface area (Å²) in [5, 5.41) is 12.3. The molecule has 0 aliphatic carbocycles. The molecule has 0 saturated heterocycles. The number of benzene rings is 2. The van der Waals surface area contributed by atoms with Gasteiger partial charge in [0.05, 0.1) is 16.6 Å². The van der Waals surface area contributed by atoms with Crippen LogP contribution in [0.3, 0.4) is 0 Å². The van der Waals surface area contributed by atoms with E-state index in [9.17, 15) is 9.90 Å². The van der Waals surface area contributed by atoms with Crippen LogP contribution in [0.15, 0.2) is 53.3 Å². The molecule has 0 saturated carbocycles. The van der Waals surface area contributed by atoms with Crippen LogP contribution in [-0.4, -0.2) is 26.8 Å². The van der Waals surface area contributed by atoms with Crippen molar-refractivity contribution < 1.29 is 9.84 Å². The summed E-state index contributed by atoms with van der Waals surface area (Å²) < 4.78 is 6.88. The molecule has 6 heteroatoms. The number of para-hydroxylation sites is 2. The lowest BCUT2D eigenvalue weighted by Gasteiger charge is -2.30. The van der Waals surface area contributed by atoms with Crippen molar-refractivity contribution in [2.75, 3.05) is 7.11 Å². The van der Waals surface area contributed by atoms with Gasteiger partial charge in [-0.1, -0.05) is 30.3 Å². The average molecular weight is 333 g/mol. The van der Waals surface area contributed by atoms with Gasteiger partial charge >= 0.3 is 0 Å². The number of nitrogens with one attached hydrogen (secondary N) is 1. The number of fused-ring (bicyclic) bond motifs is 6. The molecule has 0 bridgehead atoms. The highest BCUT2D eigenvalue weighted by atomic mass is 16.5. The molecule has 1 aliphatic rings. The van der Waals surface area contributed by atoms with E-state index < -0.39 is 12.3 Å². The van der Waals surface area contributed by atoms with Crippen LogP contribution in [0, 0.1) is 0 Å². The first-order valence-electron chi connectivity index (χ1n) is 8.04. The van der Waals surface area contributed by atoms with Crippen molar-refractivity contribution >= 4 is 21.8 Å². The van der Waals surface area contributed by atoms with Crippen LogP contribution in [0.25, 0.3) is 33.3 Å². The van der Waals surface area contributed by atoms with Crippen LogP contribution in [0.5, 0.6) is 0 Å². The number of H-pyrrole nitrogens is 1. The van der Waals surface area contributed by atoms with Gasteiger partial charge in [0.1, 0.15) is 6.10 Å². The summed E-state index contributed by atoms with van der Waals surface area (Å²) >= 11 is 0. The zero-order chi connectivity index (χ0) is 17.1. The monoisotopic (exact) mass is 333 g/mol. The predicted octanol–water partition coefficient (Wildman–Crippen LogP) is 2.74. The Labute approximate surface area is 142 Å². The summed E-state index contributed by atoms with van der Waals surface area (Å²) in [5.74, 6) is 0.427. The average Bonchev–Trinajstić information content (AvgIpc) is 3.02. The Kier molecular flexibility index (Phi) is 2.89. The van der Waals surface area contributed by atoms with E-state index in [-0.39, 0.29) is 5.56 Å². The van der Waals surface area contributed by atoms with Gasteiger partial charge in [0, 0.05) is 23.6 Å². The molecule has 2 aromatic heterocycles. The molecule has 124 valence electrons. The smallest absolute Gasteiger partial charge is 0.263 e. The molecule has 6 nitrogen and oxygen atoms in total. The quantitative estimate of drug-likeness (QED) is 0.561. The molecule has 0 fully saturated rings. The third kappa shape index (κ3) is 1.80. The van der Waals surface area contributed by atoms with Crippen LogP contribution in [0.4, 0.5) is 0 Å². The van der Waals surface area contributed by atoms with Gasteiger partial charge in [0.2, 0.25) is 0 Å². The van der Waals surface area contributed by atoms with Crippen LogP contribution in [-0.2, 0) is 4.74 Å². The largest absolute Gasteiger partial charge is 0.372 e. The van der Waals surface area contributed by atoms with E-state index in [1.54, 1.807) is 18.2 Å². The van der Waals surface area contributed by atoms with E-state index in [4.69, 9.17) is 4.74 Å². The van der Waals surface area contributed by atoms with Crippen molar-refractivity contribution in [3.63, 3.8) is 0 Å². The van der Waals surface area contributed by atoms with Crippen LogP contribution in [0.2, 0.25) is 0 Å². The molecule has 0 radical (unpaired) electrons. The summed E-state index contributed by atoms with van der Waals surface area (Å²) in [6.07, 6.45) is -1.80. The number of nitrogens with zero attached hydrogens (tertiary/aromatic N) is 2. The Bertz CT molecular complexity index is 1190. The number of hydrogen-bond acceptors (Lipinski definition) is 4. The van der Waals surface area contributed by atoms with Crippen molar-refractivity contribution in [2.24, 2.45) is 0 Å². The summed E-state index contributed by atoms with van der Waals surface area (Å²) in [4.78, 5) is 20.9. The summed E-state index contributed by atoms with van der Waals surface area (Å²) in [6.45, 7) is 0. The predicted molar refractivity (Wildman–Crippen MR) is 94.3 cm³/mol. The lowest BCUT2D eigenvalue weighted by atomic mass is 9.99. The van der Waals surface area contributed by atoms with Crippen molar-refractivity contribution in [3.05, 3.63) is 64.4 Å². The van der Waals surface area contributed by atoms with E-state index in [2.05, 4.69) is 9.97 Å². The highest BCUT2D eigenvalue weighted by Crippen LogP contribution is 2.43. The SMILES string of the molecule is COC1c2c([nH]c3ccccc23)-c2nc3ccccc3c(=O)n2C1O. The van der Waals surface area contributed by atoms with Gasteiger partial charge < -0.3 is 14.8 Å². The Balaban J connectivity index is 1.96. The van der Waals surface area contributed by atoms with Gasteiger partial charge in [-0.25, -0.2) is 4.98 Å². The Hall–Kier alpha value is -2.96. The molecule has 25 heavy (non-hydrogen) atoms. The zero-order valence-electron chi connectivity index (χ0n) is 13.4. The number of ether oxygens (including phenoxy) is 1. The van der Waals surface area contributed by atoms with Crippen molar-refractivity contribution in [3.8, 4) is 11.5 Å². The van der Waals surface area contributed by atoms with Crippen LogP contribution < -0.4 is 5.56 Å². The molecular formula is C19H15N3O3. The number of aliphatic hydroxyl groups is 1. The lowest BCUT2D eigenvalue weighted by Crippen LogP contribution is -2.35. The first-order chi connectivity index (χ1) is 12.2. The van der Waals surface area contributed by atoms with Gasteiger partial charge in [-0.2, -0.15) is 0 Å². The molecule has 2 unspecified atom stereocenters. The van der Waals surface area contributed by atoms with E-state index in [1.807, 2.05) is 30.3 Å². The second-order valence-corrected chi connectivity index (χ2v) is 6.16. The van der Waals surface area contributed by atoms with Gasteiger partial charge in [-0.15, -0.1) is 0 Å². The number of hydrogen-bond donors (Lipinski definition) is 2. The number of aliphatic hydroxyl groups excluding tert-OH is 1. The maximum absolute atomic E-state index is 13.0. The maximum Gasteiger partial charge on any atom is 0.263 e. The third-order valence-corrected chi connectivity index (χ3v) is 4.85. The number of aromatic amines is 1. The fraction of sp³-hybridized carbons (Fsp3) is 0.158. The Morgan fingerprint density at radius 3 is 2.64 bits per heavy atom. The molecule has 2 atom stereocenters. The summed E-state index contributed by atoms with van der Waals surface area (Å²) in [7, 11) is 1.53. The number of rotatable bonds is 1. The minimum atomic E-state index is -1.14. The minimum Gasteiger partial charge on any atom is -0.372 e. The van der Waals surface area contributed by atoms with Gasteiger partial charge in [-0.3, -0.25) is 9.36 Å². The fourth-order valence-electron chi connectivity index (χ4n) is 3.73. The molecule has 3 heterocycles. The summed E-state index contributed by atoms with van der Waals surface area (Å²) in [6, 6.07) is 14.9. The zero-order valence-corrected chi connectivity index (χ0v) is 13.4. The molecule has 4 aromatic rings.